The smallest absolute Gasteiger partial charge is 0.336 e. The predicted molar refractivity (Wildman–Crippen MR) is 103 cm³/mol. The van der Waals surface area contributed by atoms with Gasteiger partial charge in [-0.15, -0.1) is 0 Å². The number of aryl methyl sites for hydroxylation is 1. The first-order valence-electron chi connectivity index (χ1n) is 8.67. The molecule has 1 atom stereocenters. The second-order valence-electron chi connectivity index (χ2n) is 6.12. The molecule has 1 unspecified atom stereocenters. The maximum absolute atomic E-state index is 12.1. The number of hydrogen-bond acceptors (Lipinski definition) is 5. The fourth-order valence-corrected chi connectivity index (χ4v) is 2.88. The average molecular weight is 367 g/mol. The fourth-order valence-electron chi connectivity index (χ4n) is 2.88. The van der Waals surface area contributed by atoms with Crippen LogP contribution >= 0.6 is 0 Å². The lowest BCUT2D eigenvalue weighted by Gasteiger charge is -2.16. The summed E-state index contributed by atoms with van der Waals surface area (Å²) in [5.74, 6) is -0.255. The van der Waals surface area contributed by atoms with Crippen molar-refractivity contribution >= 4 is 16.9 Å². The lowest BCUT2D eigenvalue weighted by molar-refractivity contribution is -0.127. The van der Waals surface area contributed by atoms with Crippen LogP contribution in [0.2, 0.25) is 0 Å². The molecule has 0 radical (unpaired) electrons. The fraction of sp³-hybridized carbons (Fsp3) is 0.238. The molecule has 2 N–H and O–H groups in total. The molecule has 27 heavy (non-hydrogen) atoms. The first-order valence-corrected chi connectivity index (χ1v) is 8.67. The molecule has 6 nitrogen and oxygen atoms in total. The molecule has 1 amide bonds. The summed E-state index contributed by atoms with van der Waals surface area (Å²) in [6.45, 7) is 4.30. The molecule has 3 rings (SSSR count). The number of benzene rings is 2. The van der Waals surface area contributed by atoms with Crippen molar-refractivity contribution in [2.75, 3.05) is 13.2 Å². The SMILES string of the molecule is CCOCC(Oc1ccc2c(-c3ccccc3C)cc(=O)oc2c1)C(N)=O. The molecule has 140 valence electrons. The second-order valence-corrected chi connectivity index (χ2v) is 6.12. The van der Waals surface area contributed by atoms with E-state index in [9.17, 15) is 9.59 Å². The van der Waals surface area contributed by atoms with Crippen LogP contribution in [-0.2, 0) is 9.53 Å². The maximum Gasteiger partial charge on any atom is 0.336 e. The molecule has 0 aliphatic heterocycles. The molecule has 0 bridgehead atoms. The van der Waals surface area contributed by atoms with Crippen molar-refractivity contribution in [3.8, 4) is 16.9 Å². The molecule has 2 aromatic carbocycles. The van der Waals surface area contributed by atoms with Gasteiger partial charge in [0.05, 0.1) is 6.61 Å². The Morgan fingerprint density at radius 1 is 1.15 bits per heavy atom. The summed E-state index contributed by atoms with van der Waals surface area (Å²) in [7, 11) is 0. The number of hydrogen-bond donors (Lipinski definition) is 1. The third kappa shape index (κ3) is 4.17. The average Bonchev–Trinajstić information content (AvgIpc) is 2.64. The first-order chi connectivity index (χ1) is 13.0. The van der Waals surface area contributed by atoms with Crippen LogP contribution in [0.1, 0.15) is 12.5 Å². The zero-order valence-corrected chi connectivity index (χ0v) is 15.2. The van der Waals surface area contributed by atoms with Gasteiger partial charge in [-0.1, -0.05) is 24.3 Å². The van der Waals surface area contributed by atoms with Crippen LogP contribution in [-0.4, -0.2) is 25.2 Å². The summed E-state index contributed by atoms with van der Waals surface area (Å²) in [6, 6.07) is 14.4. The Morgan fingerprint density at radius 3 is 2.63 bits per heavy atom. The minimum absolute atomic E-state index is 0.0526. The molecule has 0 saturated carbocycles. The Kier molecular flexibility index (Phi) is 5.57. The van der Waals surface area contributed by atoms with Crippen LogP contribution in [0.3, 0.4) is 0 Å². The lowest BCUT2D eigenvalue weighted by atomic mass is 9.98. The van der Waals surface area contributed by atoms with E-state index in [1.807, 2.05) is 38.1 Å². The van der Waals surface area contributed by atoms with Gasteiger partial charge in [-0.05, 0) is 37.1 Å². The van der Waals surface area contributed by atoms with Crippen LogP contribution in [0, 0.1) is 6.92 Å². The minimum Gasteiger partial charge on any atom is -0.478 e. The van der Waals surface area contributed by atoms with Crippen LogP contribution in [0.5, 0.6) is 5.75 Å². The number of ether oxygens (including phenoxy) is 2. The van der Waals surface area contributed by atoms with Gasteiger partial charge in [0.15, 0.2) is 6.10 Å². The van der Waals surface area contributed by atoms with Gasteiger partial charge in [-0.25, -0.2) is 4.79 Å². The van der Waals surface area contributed by atoms with Crippen molar-refractivity contribution in [3.05, 3.63) is 64.5 Å². The van der Waals surface area contributed by atoms with Gasteiger partial charge in [0.2, 0.25) is 0 Å². The minimum atomic E-state index is -0.923. The Hall–Kier alpha value is -3.12. The molecule has 0 saturated heterocycles. The topological polar surface area (TPSA) is 91.8 Å². The van der Waals surface area contributed by atoms with E-state index in [1.54, 1.807) is 18.2 Å². The van der Waals surface area contributed by atoms with Crippen molar-refractivity contribution in [1.82, 2.24) is 0 Å². The van der Waals surface area contributed by atoms with E-state index in [2.05, 4.69) is 0 Å². The lowest BCUT2D eigenvalue weighted by Crippen LogP contribution is -2.37. The van der Waals surface area contributed by atoms with Gasteiger partial charge < -0.3 is 19.6 Å². The van der Waals surface area contributed by atoms with Gasteiger partial charge >= 0.3 is 5.63 Å². The van der Waals surface area contributed by atoms with E-state index >= 15 is 0 Å². The highest BCUT2D eigenvalue weighted by Crippen LogP contribution is 2.31. The molecule has 6 heteroatoms. The molecule has 0 fully saturated rings. The van der Waals surface area contributed by atoms with Gasteiger partial charge in [0.25, 0.3) is 5.91 Å². The third-order valence-corrected chi connectivity index (χ3v) is 4.22. The molecule has 0 aliphatic carbocycles. The maximum atomic E-state index is 12.1. The first kappa shape index (κ1) is 18.7. The summed E-state index contributed by atoms with van der Waals surface area (Å²) < 4.78 is 16.2. The third-order valence-electron chi connectivity index (χ3n) is 4.22. The van der Waals surface area contributed by atoms with E-state index in [-0.39, 0.29) is 6.61 Å². The van der Waals surface area contributed by atoms with E-state index in [4.69, 9.17) is 19.6 Å². The standard InChI is InChI=1S/C21H21NO5/c1-3-25-12-19(21(22)24)26-14-8-9-16-17(11-20(23)27-18(16)10-14)15-7-5-4-6-13(15)2/h4-11,19H,3,12H2,1-2H3,(H2,22,24). The molecule has 0 aliphatic rings. The monoisotopic (exact) mass is 367 g/mol. The van der Waals surface area contributed by atoms with Crippen molar-refractivity contribution in [2.24, 2.45) is 5.73 Å². The molecule has 0 spiro atoms. The Labute approximate surface area is 156 Å². The van der Waals surface area contributed by atoms with Crippen molar-refractivity contribution in [1.29, 1.82) is 0 Å². The summed E-state index contributed by atoms with van der Waals surface area (Å²) >= 11 is 0. The quantitative estimate of drug-likeness (QED) is 0.648. The summed E-state index contributed by atoms with van der Waals surface area (Å²) in [5.41, 5.74) is 8.06. The van der Waals surface area contributed by atoms with Crippen molar-refractivity contribution < 1.29 is 18.7 Å². The van der Waals surface area contributed by atoms with Gasteiger partial charge in [0, 0.05) is 29.7 Å². The number of nitrogens with two attached hydrogens (primary N) is 1. The van der Waals surface area contributed by atoms with Gasteiger partial charge in [-0.3, -0.25) is 4.79 Å². The molecule has 1 aromatic heterocycles. The number of rotatable bonds is 7. The van der Waals surface area contributed by atoms with Crippen molar-refractivity contribution in [2.45, 2.75) is 20.0 Å². The van der Waals surface area contributed by atoms with Crippen molar-refractivity contribution in [3.63, 3.8) is 0 Å². The Morgan fingerprint density at radius 2 is 1.93 bits per heavy atom. The van der Waals surface area contributed by atoms with Crippen LogP contribution in [0.4, 0.5) is 0 Å². The van der Waals surface area contributed by atoms with Crippen LogP contribution < -0.4 is 16.1 Å². The van der Waals surface area contributed by atoms with E-state index in [0.29, 0.717) is 17.9 Å². The van der Waals surface area contributed by atoms with E-state index in [0.717, 1.165) is 22.1 Å². The number of carbonyl (C=O) groups excluding carboxylic acids is 1. The summed E-state index contributed by atoms with van der Waals surface area (Å²) in [5, 5.41) is 0.775. The van der Waals surface area contributed by atoms with Gasteiger partial charge in [-0.2, -0.15) is 0 Å². The van der Waals surface area contributed by atoms with Crippen LogP contribution in [0.15, 0.2) is 57.7 Å². The Balaban J connectivity index is 2.03. The summed E-state index contributed by atoms with van der Waals surface area (Å²) in [6.07, 6.45) is -0.923. The molecular weight excluding hydrogens is 346 g/mol. The normalized spacial score (nSPS) is 12.1. The van der Waals surface area contributed by atoms with Crippen LogP contribution in [0.25, 0.3) is 22.1 Å². The predicted octanol–water partition coefficient (Wildman–Crippen LogP) is 3.04. The number of carbonyl (C=O) groups is 1. The number of fused-ring (bicyclic) bond motifs is 1. The largest absolute Gasteiger partial charge is 0.478 e. The molecule has 3 aromatic rings. The number of primary amides is 1. The Bertz CT molecular complexity index is 1020. The van der Waals surface area contributed by atoms with E-state index in [1.165, 1.54) is 6.07 Å². The van der Waals surface area contributed by atoms with E-state index < -0.39 is 17.6 Å². The zero-order chi connectivity index (χ0) is 19.4. The second kappa shape index (κ2) is 8.05. The molecular formula is C21H21NO5. The highest BCUT2D eigenvalue weighted by molar-refractivity contribution is 5.94. The highest BCUT2D eigenvalue weighted by Gasteiger charge is 2.18. The number of amides is 1. The molecule has 1 heterocycles. The summed E-state index contributed by atoms with van der Waals surface area (Å²) in [4.78, 5) is 23.6. The zero-order valence-electron chi connectivity index (χ0n) is 15.2. The highest BCUT2D eigenvalue weighted by atomic mass is 16.5. The van der Waals surface area contributed by atoms with Gasteiger partial charge in [0.1, 0.15) is 11.3 Å².